The minimum absolute atomic E-state index is 0. The smallest absolute Gasteiger partial charge is 0.303 e. The lowest BCUT2D eigenvalue weighted by molar-refractivity contribution is -0.136. The largest absolute Gasteiger partial charge is 0.481 e. The zero-order valence-electron chi connectivity index (χ0n) is 5.78. The summed E-state index contributed by atoms with van der Waals surface area (Å²) in [7, 11) is -3.11. The number of hydrogen-bond donors (Lipinski definition) is 2. The highest BCUT2D eigenvalue weighted by molar-refractivity contribution is 7.57. The molecule has 1 atom stereocenters. The van der Waals surface area contributed by atoms with Gasteiger partial charge in [0.25, 0.3) is 0 Å². The average Bonchev–Trinajstić information content (AvgIpc) is 1.85. The first kappa shape index (κ1) is 13.8. The Hall–Kier alpha value is 0.192. The van der Waals surface area contributed by atoms with E-state index in [0.29, 0.717) is 0 Å². The van der Waals surface area contributed by atoms with Gasteiger partial charge in [-0.3, -0.25) is 9.36 Å². The van der Waals surface area contributed by atoms with Crippen molar-refractivity contribution in [2.75, 3.05) is 12.3 Å². The molecular formula is C5H14AlO4P. The van der Waals surface area contributed by atoms with Gasteiger partial charge in [-0.05, 0) is 0 Å². The summed E-state index contributed by atoms with van der Waals surface area (Å²) in [5.41, 5.74) is 0. The first-order valence-electron chi connectivity index (χ1n) is 3.00. The predicted molar refractivity (Wildman–Crippen MR) is 47.4 cm³/mol. The first-order valence-corrected chi connectivity index (χ1v) is 5.03. The Morgan fingerprint density at radius 1 is 1.55 bits per heavy atom. The number of carboxylic acid groups (broad SMARTS) is 1. The molecule has 0 aliphatic carbocycles. The zero-order chi connectivity index (χ0) is 8.20. The van der Waals surface area contributed by atoms with Gasteiger partial charge in [0.2, 0.25) is 7.37 Å². The van der Waals surface area contributed by atoms with Crippen molar-refractivity contribution in [2.45, 2.75) is 13.3 Å². The van der Waals surface area contributed by atoms with Crippen molar-refractivity contribution in [1.29, 1.82) is 0 Å². The zero-order valence-corrected chi connectivity index (χ0v) is 6.67. The predicted octanol–water partition coefficient (Wildman–Crippen LogP) is -0.433. The Bertz CT molecular complexity index is 170. The van der Waals surface area contributed by atoms with Gasteiger partial charge in [0.1, 0.15) is 0 Å². The van der Waals surface area contributed by atoms with Gasteiger partial charge in [-0.2, -0.15) is 0 Å². The maximum absolute atomic E-state index is 10.8. The van der Waals surface area contributed by atoms with Crippen LogP contribution in [0.5, 0.6) is 0 Å². The molecule has 0 aliphatic rings. The molecule has 4 nitrogen and oxygen atoms in total. The number of rotatable bonds is 4. The van der Waals surface area contributed by atoms with Crippen molar-refractivity contribution in [1.82, 2.24) is 0 Å². The van der Waals surface area contributed by atoms with Gasteiger partial charge in [-0.15, -0.1) is 0 Å². The highest BCUT2D eigenvalue weighted by atomic mass is 31.2. The Morgan fingerprint density at radius 3 is 2.27 bits per heavy atom. The summed E-state index contributed by atoms with van der Waals surface area (Å²) in [6, 6.07) is 0. The Balaban J connectivity index is 0. The van der Waals surface area contributed by atoms with Crippen molar-refractivity contribution in [3.63, 3.8) is 0 Å². The molecule has 2 N–H and O–H groups in total. The van der Waals surface area contributed by atoms with Crippen LogP contribution in [0.2, 0.25) is 0 Å². The lowest BCUT2D eigenvalue weighted by atomic mass is 10.5. The minimum atomic E-state index is -3.11. The number of aliphatic carboxylic acids is 1. The standard InChI is InChI=1S/C5H11O4P.Al.3H/c1-2-10(8,9)4-3-5(6)7;;;;/h2-4H2,1H3,(H,6,7)(H,8,9);;;;. The van der Waals surface area contributed by atoms with Crippen LogP contribution in [0.3, 0.4) is 0 Å². The van der Waals surface area contributed by atoms with Gasteiger partial charge in [0.05, 0.1) is 6.42 Å². The van der Waals surface area contributed by atoms with Crippen molar-refractivity contribution < 1.29 is 19.4 Å². The molecule has 66 valence electrons. The molecule has 0 bridgehead atoms. The molecule has 0 amide bonds. The normalized spacial score (nSPS) is 14.7. The fraction of sp³-hybridized carbons (Fsp3) is 0.800. The average molecular weight is 196 g/mol. The maximum atomic E-state index is 10.8. The molecule has 1 unspecified atom stereocenters. The van der Waals surface area contributed by atoms with E-state index in [1.54, 1.807) is 6.92 Å². The Labute approximate surface area is 76.2 Å². The molecule has 0 heterocycles. The molecule has 0 aromatic heterocycles. The third-order valence-electron chi connectivity index (χ3n) is 1.17. The van der Waals surface area contributed by atoms with E-state index in [0.717, 1.165) is 0 Å². The summed E-state index contributed by atoms with van der Waals surface area (Å²) in [5.74, 6) is -1.03. The van der Waals surface area contributed by atoms with Crippen molar-refractivity contribution >= 4 is 30.7 Å². The van der Waals surface area contributed by atoms with Crippen molar-refractivity contribution in [3.8, 4) is 0 Å². The van der Waals surface area contributed by atoms with E-state index in [1.807, 2.05) is 0 Å². The van der Waals surface area contributed by atoms with Crippen LogP contribution in [-0.4, -0.2) is 45.7 Å². The highest BCUT2D eigenvalue weighted by Crippen LogP contribution is 2.39. The van der Waals surface area contributed by atoms with Gasteiger partial charge in [-0.25, -0.2) is 0 Å². The van der Waals surface area contributed by atoms with Crippen LogP contribution in [0.1, 0.15) is 13.3 Å². The number of hydrogen-bond acceptors (Lipinski definition) is 2. The summed E-state index contributed by atoms with van der Waals surface area (Å²) in [6.45, 7) is 1.57. The molecular weight excluding hydrogens is 182 g/mol. The van der Waals surface area contributed by atoms with Crippen LogP contribution in [0.15, 0.2) is 0 Å². The molecule has 0 radical (unpaired) electrons. The quantitative estimate of drug-likeness (QED) is 0.472. The van der Waals surface area contributed by atoms with Gasteiger partial charge in [0, 0.05) is 12.3 Å². The van der Waals surface area contributed by atoms with Crippen LogP contribution in [0.25, 0.3) is 0 Å². The van der Waals surface area contributed by atoms with Crippen LogP contribution in [0, 0.1) is 0 Å². The molecule has 6 heteroatoms. The summed E-state index contributed by atoms with van der Waals surface area (Å²) >= 11 is 0. The second-order valence-corrected chi connectivity index (χ2v) is 4.80. The second kappa shape index (κ2) is 5.79. The van der Waals surface area contributed by atoms with Crippen LogP contribution >= 0.6 is 7.37 Å². The molecule has 0 rings (SSSR count). The van der Waals surface area contributed by atoms with Crippen LogP contribution in [0.4, 0.5) is 0 Å². The molecule has 0 aromatic carbocycles. The third-order valence-corrected chi connectivity index (χ3v) is 3.08. The molecule has 0 spiro atoms. The Morgan fingerprint density at radius 2 is 2.00 bits per heavy atom. The fourth-order valence-electron chi connectivity index (χ4n) is 0.428. The SMILES string of the molecule is CCP(=O)(O)CCC(=O)O.[AlH3]. The van der Waals surface area contributed by atoms with Crippen LogP contribution < -0.4 is 0 Å². The van der Waals surface area contributed by atoms with Gasteiger partial charge in [-0.1, -0.05) is 6.92 Å². The van der Waals surface area contributed by atoms with E-state index in [4.69, 9.17) is 10.00 Å². The highest BCUT2D eigenvalue weighted by Gasteiger charge is 2.15. The Kier molecular flexibility index (Phi) is 7.25. The van der Waals surface area contributed by atoms with Gasteiger partial charge in [0.15, 0.2) is 17.4 Å². The molecule has 0 aliphatic heterocycles. The molecule has 0 saturated carbocycles. The minimum Gasteiger partial charge on any atom is -0.481 e. The lowest BCUT2D eigenvalue weighted by Gasteiger charge is -2.04. The van der Waals surface area contributed by atoms with E-state index in [9.17, 15) is 9.36 Å². The summed E-state index contributed by atoms with van der Waals surface area (Å²) in [4.78, 5) is 18.8. The summed E-state index contributed by atoms with van der Waals surface area (Å²) in [6.07, 6.45) is -0.180. The van der Waals surface area contributed by atoms with Crippen molar-refractivity contribution in [2.24, 2.45) is 0 Å². The molecule has 11 heavy (non-hydrogen) atoms. The van der Waals surface area contributed by atoms with Gasteiger partial charge >= 0.3 is 5.97 Å². The van der Waals surface area contributed by atoms with E-state index in [-0.39, 0.29) is 36.1 Å². The number of carbonyl (C=O) groups is 1. The lowest BCUT2D eigenvalue weighted by Crippen LogP contribution is -2.00. The third kappa shape index (κ3) is 8.10. The molecule has 0 aromatic rings. The topological polar surface area (TPSA) is 74.6 Å². The van der Waals surface area contributed by atoms with Crippen LogP contribution in [-0.2, 0) is 9.36 Å². The van der Waals surface area contributed by atoms with Crippen molar-refractivity contribution in [3.05, 3.63) is 0 Å². The van der Waals surface area contributed by atoms with E-state index in [2.05, 4.69) is 0 Å². The first-order chi connectivity index (χ1) is 4.48. The maximum Gasteiger partial charge on any atom is 0.303 e. The van der Waals surface area contributed by atoms with E-state index in [1.165, 1.54) is 0 Å². The summed E-state index contributed by atoms with van der Waals surface area (Å²) < 4.78 is 10.8. The monoisotopic (exact) mass is 196 g/mol. The summed E-state index contributed by atoms with van der Waals surface area (Å²) in [5, 5.41) is 8.14. The number of carboxylic acids is 1. The van der Waals surface area contributed by atoms with E-state index < -0.39 is 13.3 Å². The second-order valence-electron chi connectivity index (χ2n) is 2.03. The molecule has 0 saturated heterocycles. The molecule has 0 fully saturated rings. The fourth-order valence-corrected chi connectivity index (χ4v) is 1.29. The van der Waals surface area contributed by atoms with Gasteiger partial charge < -0.3 is 10.00 Å². The van der Waals surface area contributed by atoms with E-state index >= 15 is 0 Å².